The van der Waals surface area contributed by atoms with E-state index in [1.807, 2.05) is 0 Å². The van der Waals surface area contributed by atoms with Gasteiger partial charge in [0.05, 0.1) is 11.1 Å². The van der Waals surface area contributed by atoms with E-state index < -0.39 is 16.1 Å². The molecule has 5 nitrogen and oxygen atoms in total. The van der Waals surface area contributed by atoms with Crippen molar-refractivity contribution in [2.75, 3.05) is 12.3 Å². The molecule has 2 rings (SSSR count). The molecule has 0 spiro atoms. The second-order valence-corrected chi connectivity index (χ2v) is 6.61. The van der Waals surface area contributed by atoms with E-state index in [1.165, 1.54) is 12.1 Å². The first kappa shape index (κ1) is 15.8. The number of rotatable bonds is 5. The first-order valence-corrected chi connectivity index (χ1v) is 8.04. The van der Waals surface area contributed by atoms with Gasteiger partial charge >= 0.3 is 0 Å². The van der Waals surface area contributed by atoms with Crippen LogP contribution in [0.25, 0.3) is 0 Å². The molecule has 2 aromatic carbocycles. The minimum atomic E-state index is -3.77. The van der Waals surface area contributed by atoms with Crippen LogP contribution in [0.5, 0.6) is 0 Å². The summed E-state index contributed by atoms with van der Waals surface area (Å²) in [6.45, 7) is -0.155. The highest BCUT2D eigenvalue weighted by Gasteiger charge is 2.19. The standard InChI is InChI=1S/C14H15ClN2O3S/c15-12-3-1-2-4-14(12)21(19,20)17-9-13(18)10-5-7-11(16)8-6-10/h1-8,13,17-18H,9,16H2. The predicted molar refractivity (Wildman–Crippen MR) is 82.5 cm³/mol. The Balaban J connectivity index is 2.08. The second kappa shape index (κ2) is 6.44. The van der Waals surface area contributed by atoms with Crippen LogP contribution in [0.3, 0.4) is 0 Å². The molecule has 0 heterocycles. The number of aliphatic hydroxyl groups is 1. The third-order valence-electron chi connectivity index (χ3n) is 2.91. The van der Waals surface area contributed by atoms with Gasteiger partial charge in [0.15, 0.2) is 0 Å². The molecule has 0 radical (unpaired) electrons. The van der Waals surface area contributed by atoms with Gasteiger partial charge in [0, 0.05) is 12.2 Å². The summed E-state index contributed by atoms with van der Waals surface area (Å²) in [7, 11) is -3.77. The lowest BCUT2D eigenvalue weighted by Gasteiger charge is -2.13. The minimum absolute atomic E-state index is 0.0174. The molecule has 7 heteroatoms. The number of nitrogens with two attached hydrogens (primary N) is 1. The molecule has 112 valence electrons. The number of nitrogens with one attached hydrogen (secondary N) is 1. The van der Waals surface area contributed by atoms with E-state index in [0.29, 0.717) is 11.3 Å². The molecule has 0 amide bonds. The van der Waals surface area contributed by atoms with Crippen molar-refractivity contribution < 1.29 is 13.5 Å². The number of hydrogen-bond acceptors (Lipinski definition) is 4. The van der Waals surface area contributed by atoms with Crippen LogP contribution in [0, 0.1) is 0 Å². The lowest BCUT2D eigenvalue weighted by Crippen LogP contribution is -2.28. The van der Waals surface area contributed by atoms with E-state index >= 15 is 0 Å². The van der Waals surface area contributed by atoms with Crippen LogP contribution < -0.4 is 10.5 Å². The quantitative estimate of drug-likeness (QED) is 0.732. The van der Waals surface area contributed by atoms with E-state index in [-0.39, 0.29) is 16.5 Å². The van der Waals surface area contributed by atoms with Gasteiger partial charge in [-0.2, -0.15) is 0 Å². The summed E-state index contributed by atoms with van der Waals surface area (Å²) in [5.74, 6) is 0. The van der Waals surface area contributed by atoms with Crippen molar-refractivity contribution in [1.29, 1.82) is 0 Å². The first-order chi connectivity index (χ1) is 9.90. The Morgan fingerprint density at radius 3 is 2.38 bits per heavy atom. The molecule has 0 aliphatic rings. The fraction of sp³-hybridized carbons (Fsp3) is 0.143. The number of benzene rings is 2. The maximum atomic E-state index is 12.1. The molecule has 0 aliphatic carbocycles. The number of nitrogen functional groups attached to an aromatic ring is 1. The lowest BCUT2D eigenvalue weighted by molar-refractivity contribution is 0.182. The predicted octanol–water partition coefficient (Wildman–Crippen LogP) is 1.93. The zero-order valence-corrected chi connectivity index (χ0v) is 12.6. The maximum absolute atomic E-state index is 12.1. The zero-order chi connectivity index (χ0) is 15.5. The van der Waals surface area contributed by atoms with Gasteiger partial charge in [-0.05, 0) is 29.8 Å². The van der Waals surface area contributed by atoms with Crippen LogP contribution in [-0.4, -0.2) is 20.1 Å². The summed E-state index contributed by atoms with van der Waals surface area (Å²) in [6.07, 6.45) is -0.970. The SMILES string of the molecule is Nc1ccc(C(O)CNS(=O)(=O)c2ccccc2Cl)cc1. The van der Waals surface area contributed by atoms with Crippen molar-refractivity contribution in [2.45, 2.75) is 11.0 Å². The molecule has 0 saturated heterocycles. The topological polar surface area (TPSA) is 92.4 Å². The van der Waals surface area contributed by atoms with Crippen molar-refractivity contribution in [2.24, 2.45) is 0 Å². The Morgan fingerprint density at radius 1 is 1.14 bits per heavy atom. The number of halogens is 1. The summed E-state index contributed by atoms with van der Waals surface area (Å²) < 4.78 is 26.6. The monoisotopic (exact) mass is 326 g/mol. The van der Waals surface area contributed by atoms with Gasteiger partial charge < -0.3 is 10.8 Å². The maximum Gasteiger partial charge on any atom is 0.242 e. The Labute approximate surface area is 128 Å². The summed E-state index contributed by atoms with van der Waals surface area (Å²) in [6, 6.07) is 12.7. The molecule has 0 saturated carbocycles. The van der Waals surface area contributed by atoms with Crippen molar-refractivity contribution in [1.82, 2.24) is 4.72 Å². The molecule has 0 bridgehead atoms. The van der Waals surface area contributed by atoms with Gasteiger partial charge in [0.1, 0.15) is 4.90 Å². The lowest BCUT2D eigenvalue weighted by atomic mass is 10.1. The molecular formula is C14H15ClN2O3S. The number of hydrogen-bond donors (Lipinski definition) is 3. The molecular weight excluding hydrogens is 312 g/mol. The first-order valence-electron chi connectivity index (χ1n) is 6.18. The molecule has 2 aromatic rings. The van der Waals surface area contributed by atoms with Crippen LogP contribution in [-0.2, 0) is 10.0 Å². The third-order valence-corrected chi connectivity index (χ3v) is 4.84. The Hall–Kier alpha value is -1.60. The highest BCUT2D eigenvalue weighted by Crippen LogP contribution is 2.21. The van der Waals surface area contributed by atoms with E-state index in [4.69, 9.17) is 17.3 Å². The molecule has 0 aromatic heterocycles. The van der Waals surface area contributed by atoms with Crippen molar-refractivity contribution in [3.05, 3.63) is 59.1 Å². The summed E-state index contributed by atoms with van der Waals surface area (Å²) in [5.41, 5.74) is 6.70. The fourth-order valence-electron chi connectivity index (χ4n) is 1.77. The highest BCUT2D eigenvalue weighted by molar-refractivity contribution is 7.89. The van der Waals surface area contributed by atoms with Crippen LogP contribution in [0.4, 0.5) is 5.69 Å². The molecule has 0 fully saturated rings. The van der Waals surface area contributed by atoms with E-state index in [2.05, 4.69) is 4.72 Å². The zero-order valence-electron chi connectivity index (χ0n) is 11.0. The Kier molecular flexibility index (Phi) is 4.84. The second-order valence-electron chi connectivity index (χ2n) is 4.46. The van der Waals surface area contributed by atoms with Crippen molar-refractivity contribution in [3.8, 4) is 0 Å². The average molecular weight is 327 g/mol. The van der Waals surface area contributed by atoms with Crippen LogP contribution in [0.1, 0.15) is 11.7 Å². The smallest absolute Gasteiger partial charge is 0.242 e. The molecule has 1 atom stereocenters. The largest absolute Gasteiger partial charge is 0.399 e. The van der Waals surface area contributed by atoms with Gasteiger partial charge in [-0.15, -0.1) is 0 Å². The molecule has 21 heavy (non-hydrogen) atoms. The molecule has 0 aliphatic heterocycles. The average Bonchev–Trinajstić information content (AvgIpc) is 2.46. The van der Waals surface area contributed by atoms with Crippen LogP contribution >= 0.6 is 11.6 Å². The summed E-state index contributed by atoms with van der Waals surface area (Å²) in [4.78, 5) is -0.0174. The molecule has 4 N–H and O–H groups in total. The summed E-state index contributed by atoms with van der Waals surface area (Å²) >= 11 is 5.86. The summed E-state index contributed by atoms with van der Waals surface area (Å²) in [5, 5.41) is 10.1. The Morgan fingerprint density at radius 2 is 1.76 bits per heavy atom. The number of anilines is 1. The van der Waals surface area contributed by atoms with E-state index in [9.17, 15) is 13.5 Å². The van der Waals surface area contributed by atoms with Crippen molar-refractivity contribution in [3.63, 3.8) is 0 Å². The number of sulfonamides is 1. The van der Waals surface area contributed by atoms with E-state index in [1.54, 1.807) is 36.4 Å². The number of aliphatic hydroxyl groups excluding tert-OH is 1. The van der Waals surface area contributed by atoms with Crippen molar-refractivity contribution >= 4 is 27.3 Å². The van der Waals surface area contributed by atoms with E-state index in [0.717, 1.165) is 0 Å². The normalized spacial score (nSPS) is 13.0. The van der Waals surface area contributed by atoms with Gasteiger partial charge in [-0.3, -0.25) is 0 Å². The van der Waals surface area contributed by atoms with Gasteiger partial charge in [0.2, 0.25) is 10.0 Å². The van der Waals surface area contributed by atoms with Gasteiger partial charge in [0.25, 0.3) is 0 Å². The van der Waals surface area contributed by atoms with Crippen LogP contribution in [0.2, 0.25) is 5.02 Å². The minimum Gasteiger partial charge on any atom is -0.399 e. The highest BCUT2D eigenvalue weighted by atomic mass is 35.5. The Bertz CT molecular complexity index is 717. The fourth-order valence-corrected chi connectivity index (χ4v) is 3.32. The van der Waals surface area contributed by atoms with Crippen LogP contribution in [0.15, 0.2) is 53.4 Å². The van der Waals surface area contributed by atoms with Gasteiger partial charge in [-0.1, -0.05) is 35.9 Å². The molecule has 1 unspecified atom stereocenters. The van der Waals surface area contributed by atoms with Gasteiger partial charge in [-0.25, -0.2) is 13.1 Å². The third kappa shape index (κ3) is 3.95.